The van der Waals surface area contributed by atoms with Gasteiger partial charge in [-0.3, -0.25) is 9.10 Å². The van der Waals surface area contributed by atoms with E-state index in [0.717, 1.165) is 4.31 Å². The Labute approximate surface area is 208 Å². The smallest absolute Gasteiger partial charge is 0.264 e. The fourth-order valence-electron chi connectivity index (χ4n) is 3.08. The number of carbonyl (C=O) groups is 1. The SMILES string of the molecule is COc1ccc(N(CC(=O)Nc2ccc(Cl)cc2Cl)S(=O)(=O)c2ccc(OC)c(OC)c2)cc1. The molecule has 0 radical (unpaired) electrons. The minimum absolute atomic E-state index is 0.0849. The molecule has 11 heteroatoms. The van der Waals surface area contributed by atoms with Crippen molar-refractivity contribution >= 4 is 50.5 Å². The quantitative estimate of drug-likeness (QED) is 0.429. The average Bonchev–Trinajstić information content (AvgIpc) is 2.83. The van der Waals surface area contributed by atoms with E-state index < -0.39 is 22.5 Å². The predicted octanol–water partition coefficient (Wildman–Crippen LogP) is 4.85. The van der Waals surface area contributed by atoms with Crippen LogP contribution in [0.15, 0.2) is 65.6 Å². The van der Waals surface area contributed by atoms with Crippen LogP contribution in [0, 0.1) is 0 Å². The molecule has 1 N–H and O–H groups in total. The van der Waals surface area contributed by atoms with Crippen molar-refractivity contribution in [1.29, 1.82) is 0 Å². The zero-order chi connectivity index (χ0) is 24.9. The summed E-state index contributed by atoms with van der Waals surface area (Å²) in [6, 6.07) is 15.0. The van der Waals surface area contributed by atoms with Crippen molar-refractivity contribution < 1.29 is 27.4 Å². The van der Waals surface area contributed by atoms with Gasteiger partial charge in [0.1, 0.15) is 12.3 Å². The van der Waals surface area contributed by atoms with E-state index in [4.69, 9.17) is 37.4 Å². The first-order chi connectivity index (χ1) is 16.2. The monoisotopic (exact) mass is 524 g/mol. The molecule has 3 aromatic carbocycles. The van der Waals surface area contributed by atoms with Gasteiger partial charge in [-0.15, -0.1) is 0 Å². The summed E-state index contributed by atoms with van der Waals surface area (Å²) in [5.41, 5.74) is 0.558. The highest BCUT2D eigenvalue weighted by atomic mass is 35.5. The van der Waals surface area contributed by atoms with Crippen molar-refractivity contribution in [3.63, 3.8) is 0 Å². The second-order valence-corrected chi connectivity index (χ2v) is 9.60. The zero-order valence-corrected chi connectivity index (χ0v) is 20.9. The summed E-state index contributed by atoms with van der Waals surface area (Å²) in [4.78, 5) is 12.8. The molecule has 0 atom stereocenters. The number of benzene rings is 3. The van der Waals surface area contributed by atoms with Gasteiger partial charge >= 0.3 is 0 Å². The van der Waals surface area contributed by atoms with Crippen LogP contribution in [-0.2, 0) is 14.8 Å². The Balaban J connectivity index is 2.00. The van der Waals surface area contributed by atoms with Gasteiger partial charge in [-0.2, -0.15) is 0 Å². The van der Waals surface area contributed by atoms with E-state index in [0.29, 0.717) is 22.2 Å². The van der Waals surface area contributed by atoms with Crippen LogP contribution < -0.4 is 23.8 Å². The van der Waals surface area contributed by atoms with Crippen molar-refractivity contribution in [3.05, 3.63) is 70.7 Å². The number of hydrogen-bond donors (Lipinski definition) is 1. The average molecular weight is 525 g/mol. The van der Waals surface area contributed by atoms with Crippen LogP contribution in [0.4, 0.5) is 11.4 Å². The molecule has 0 unspecified atom stereocenters. The van der Waals surface area contributed by atoms with E-state index in [1.54, 1.807) is 30.3 Å². The number of ether oxygens (including phenoxy) is 3. The Hall–Kier alpha value is -3.14. The Kier molecular flexibility index (Phi) is 8.14. The standard InChI is InChI=1S/C23H22Cl2N2O6S/c1-31-17-7-5-16(6-8-17)27(14-23(28)26-20-10-4-15(24)12-19(20)25)34(29,30)18-9-11-21(32-2)22(13-18)33-3/h4-13H,14H2,1-3H3,(H,26,28). The Morgan fingerprint density at radius 3 is 2.15 bits per heavy atom. The molecule has 0 fully saturated rings. The van der Waals surface area contributed by atoms with Crippen molar-refractivity contribution in [2.75, 3.05) is 37.5 Å². The molecular formula is C23H22Cl2N2O6S. The third-order valence-corrected chi connectivity index (χ3v) is 7.11. The highest BCUT2D eigenvalue weighted by molar-refractivity contribution is 7.92. The maximum Gasteiger partial charge on any atom is 0.264 e. The van der Waals surface area contributed by atoms with Gasteiger partial charge in [-0.1, -0.05) is 23.2 Å². The lowest BCUT2D eigenvalue weighted by Gasteiger charge is -2.25. The van der Waals surface area contributed by atoms with E-state index in [2.05, 4.69) is 5.32 Å². The molecule has 180 valence electrons. The molecule has 34 heavy (non-hydrogen) atoms. The summed E-state index contributed by atoms with van der Waals surface area (Å²) in [6.07, 6.45) is 0. The first kappa shape index (κ1) is 25.5. The number of hydrogen-bond acceptors (Lipinski definition) is 6. The summed E-state index contributed by atoms with van der Waals surface area (Å²) < 4.78 is 43.8. The Bertz CT molecular complexity index is 1280. The number of nitrogens with zero attached hydrogens (tertiary/aromatic N) is 1. The van der Waals surface area contributed by atoms with Crippen LogP contribution in [0.1, 0.15) is 0 Å². The maximum absolute atomic E-state index is 13.6. The topological polar surface area (TPSA) is 94.2 Å². The molecule has 0 aliphatic carbocycles. The lowest BCUT2D eigenvalue weighted by atomic mass is 10.3. The molecule has 3 aromatic rings. The number of nitrogens with one attached hydrogen (secondary N) is 1. The van der Waals surface area contributed by atoms with E-state index in [1.165, 1.54) is 51.7 Å². The number of halogens is 2. The third-order valence-electron chi connectivity index (χ3n) is 4.80. The molecule has 0 bridgehead atoms. The van der Waals surface area contributed by atoms with Crippen molar-refractivity contribution in [2.24, 2.45) is 0 Å². The number of rotatable bonds is 9. The van der Waals surface area contributed by atoms with Gasteiger partial charge in [0.25, 0.3) is 10.0 Å². The largest absolute Gasteiger partial charge is 0.497 e. The zero-order valence-electron chi connectivity index (χ0n) is 18.5. The lowest BCUT2D eigenvalue weighted by molar-refractivity contribution is -0.114. The summed E-state index contributed by atoms with van der Waals surface area (Å²) >= 11 is 12.0. The minimum atomic E-state index is -4.19. The number of amides is 1. The Morgan fingerprint density at radius 2 is 1.56 bits per heavy atom. The van der Waals surface area contributed by atoms with E-state index in [9.17, 15) is 13.2 Å². The maximum atomic E-state index is 13.6. The predicted molar refractivity (Wildman–Crippen MR) is 132 cm³/mol. The van der Waals surface area contributed by atoms with E-state index in [-0.39, 0.29) is 21.4 Å². The molecule has 3 rings (SSSR count). The van der Waals surface area contributed by atoms with E-state index >= 15 is 0 Å². The molecular weight excluding hydrogens is 503 g/mol. The molecule has 0 spiro atoms. The summed E-state index contributed by atoms with van der Waals surface area (Å²) in [7, 11) is 0.151. The highest BCUT2D eigenvalue weighted by Crippen LogP contribution is 2.33. The van der Waals surface area contributed by atoms with Gasteiger partial charge in [0.2, 0.25) is 5.91 Å². The number of anilines is 2. The van der Waals surface area contributed by atoms with Gasteiger partial charge in [0, 0.05) is 11.1 Å². The Morgan fingerprint density at radius 1 is 0.882 bits per heavy atom. The van der Waals surface area contributed by atoms with Crippen molar-refractivity contribution in [2.45, 2.75) is 4.90 Å². The normalized spacial score (nSPS) is 11.0. The van der Waals surface area contributed by atoms with Crippen LogP contribution in [-0.4, -0.2) is 42.2 Å². The number of sulfonamides is 1. The third kappa shape index (κ3) is 5.67. The first-order valence-corrected chi connectivity index (χ1v) is 12.0. The number of carbonyl (C=O) groups excluding carboxylic acids is 1. The molecule has 0 heterocycles. The van der Waals surface area contributed by atoms with Crippen LogP contribution in [0.2, 0.25) is 10.0 Å². The first-order valence-electron chi connectivity index (χ1n) is 9.83. The second kappa shape index (κ2) is 10.9. The van der Waals surface area contributed by atoms with Gasteiger partial charge in [0.15, 0.2) is 11.5 Å². The van der Waals surface area contributed by atoms with Crippen LogP contribution in [0.5, 0.6) is 17.2 Å². The van der Waals surface area contributed by atoms with Crippen LogP contribution in [0.3, 0.4) is 0 Å². The van der Waals surface area contributed by atoms with Gasteiger partial charge in [0.05, 0.1) is 42.6 Å². The lowest BCUT2D eigenvalue weighted by Crippen LogP contribution is -2.38. The van der Waals surface area contributed by atoms with Gasteiger partial charge in [-0.25, -0.2) is 8.42 Å². The highest BCUT2D eigenvalue weighted by Gasteiger charge is 2.28. The van der Waals surface area contributed by atoms with Gasteiger partial charge in [-0.05, 0) is 54.6 Å². The molecule has 0 aromatic heterocycles. The second-order valence-electron chi connectivity index (χ2n) is 6.90. The molecule has 0 aliphatic heterocycles. The minimum Gasteiger partial charge on any atom is -0.497 e. The van der Waals surface area contributed by atoms with Crippen molar-refractivity contribution in [3.8, 4) is 17.2 Å². The van der Waals surface area contributed by atoms with Crippen LogP contribution >= 0.6 is 23.2 Å². The summed E-state index contributed by atoms with van der Waals surface area (Å²) in [5.74, 6) is 0.525. The summed E-state index contributed by atoms with van der Waals surface area (Å²) in [6.45, 7) is -0.526. The van der Waals surface area contributed by atoms with Crippen molar-refractivity contribution in [1.82, 2.24) is 0 Å². The fourth-order valence-corrected chi connectivity index (χ4v) is 4.97. The molecule has 0 saturated carbocycles. The molecule has 8 nitrogen and oxygen atoms in total. The molecule has 0 aliphatic rings. The van der Waals surface area contributed by atoms with Crippen LogP contribution in [0.25, 0.3) is 0 Å². The van der Waals surface area contributed by atoms with Gasteiger partial charge < -0.3 is 19.5 Å². The fraction of sp³-hybridized carbons (Fsp3) is 0.174. The summed E-state index contributed by atoms with van der Waals surface area (Å²) in [5, 5.41) is 3.24. The number of methoxy groups -OCH3 is 3. The van der Waals surface area contributed by atoms with E-state index in [1.807, 2.05) is 0 Å². The molecule has 1 amide bonds. The molecule has 0 saturated heterocycles.